The van der Waals surface area contributed by atoms with Gasteiger partial charge in [0.1, 0.15) is 17.6 Å². The quantitative estimate of drug-likeness (QED) is 0.439. The van der Waals surface area contributed by atoms with Gasteiger partial charge >= 0.3 is 5.97 Å². The minimum Gasteiger partial charge on any atom is -0.462 e. The predicted molar refractivity (Wildman–Crippen MR) is 65.1 cm³/mol. The number of esters is 1. The zero-order chi connectivity index (χ0) is 13.5. The summed E-state index contributed by atoms with van der Waals surface area (Å²) in [7, 11) is 3.58. The maximum Gasteiger partial charge on any atom is 0.342 e. The minimum absolute atomic E-state index is 0.0431. The number of hydrogen-bond donors (Lipinski definition) is 0. The molecule has 0 radical (unpaired) electrons. The van der Waals surface area contributed by atoms with Crippen molar-refractivity contribution in [3.63, 3.8) is 0 Å². The SMILES string of the molecule is CCOC(=O)c1cncnc1C(=O)/C=C/N(C)C. The van der Waals surface area contributed by atoms with Crippen molar-refractivity contribution in [2.24, 2.45) is 0 Å². The topological polar surface area (TPSA) is 72.4 Å². The van der Waals surface area contributed by atoms with Gasteiger partial charge in [0, 0.05) is 32.6 Å². The Morgan fingerprint density at radius 1 is 1.44 bits per heavy atom. The van der Waals surface area contributed by atoms with Crippen molar-refractivity contribution >= 4 is 11.8 Å². The van der Waals surface area contributed by atoms with Gasteiger partial charge in [-0.3, -0.25) is 4.79 Å². The molecule has 6 heteroatoms. The summed E-state index contributed by atoms with van der Waals surface area (Å²) in [5.41, 5.74) is 0.120. The molecule has 0 atom stereocenters. The summed E-state index contributed by atoms with van der Waals surface area (Å²) in [4.78, 5) is 32.8. The molecule has 18 heavy (non-hydrogen) atoms. The average molecular weight is 249 g/mol. The van der Waals surface area contributed by atoms with Crippen LogP contribution >= 0.6 is 0 Å². The van der Waals surface area contributed by atoms with Gasteiger partial charge in [0.05, 0.1) is 6.61 Å². The number of nitrogens with zero attached hydrogens (tertiary/aromatic N) is 3. The standard InChI is InChI=1S/C12H15N3O3/c1-4-18-12(17)9-7-13-8-14-11(9)10(16)5-6-15(2)3/h5-8H,4H2,1-3H3/b6-5+. The van der Waals surface area contributed by atoms with E-state index in [1.165, 1.54) is 18.6 Å². The summed E-state index contributed by atoms with van der Waals surface area (Å²) in [6, 6.07) is 0. The lowest BCUT2D eigenvalue weighted by Crippen LogP contribution is -2.14. The largest absolute Gasteiger partial charge is 0.462 e. The number of rotatable bonds is 5. The Bertz CT molecular complexity index is 469. The molecule has 0 aromatic carbocycles. The van der Waals surface area contributed by atoms with Crippen LogP contribution in [0, 0.1) is 0 Å². The Hall–Kier alpha value is -2.24. The van der Waals surface area contributed by atoms with Crippen LogP contribution in [0.25, 0.3) is 0 Å². The van der Waals surface area contributed by atoms with E-state index in [9.17, 15) is 9.59 Å². The van der Waals surface area contributed by atoms with E-state index < -0.39 is 5.97 Å². The Labute approximate surface area is 105 Å². The first kappa shape index (κ1) is 13.8. The normalized spacial score (nSPS) is 10.4. The molecule has 1 aromatic rings. The third-order valence-electron chi connectivity index (χ3n) is 1.97. The van der Waals surface area contributed by atoms with Gasteiger partial charge in [-0.25, -0.2) is 14.8 Å². The van der Waals surface area contributed by atoms with Crippen molar-refractivity contribution in [2.45, 2.75) is 6.92 Å². The van der Waals surface area contributed by atoms with Crippen molar-refractivity contribution in [1.82, 2.24) is 14.9 Å². The number of hydrogen-bond acceptors (Lipinski definition) is 6. The lowest BCUT2D eigenvalue weighted by Gasteiger charge is -2.05. The molecule has 6 nitrogen and oxygen atoms in total. The van der Waals surface area contributed by atoms with Crippen molar-refractivity contribution in [3.8, 4) is 0 Å². The molecule has 0 spiro atoms. The predicted octanol–water partition coefficient (Wildman–Crippen LogP) is 0.911. The highest BCUT2D eigenvalue weighted by Crippen LogP contribution is 2.07. The Balaban J connectivity index is 3.02. The smallest absolute Gasteiger partial charge is 0.342 e. The minimum atomic E-state index is -0.597. The molecule has 1 aromatic heterocycles. The van der Waals surface area contributed by atoms with Crippen molar-refractivity contribution < 1.29 is 14.3 Å². The number of aromatic nitrogens is 2. The summed E-state index contributed by atoms with van der Waals surface area (Å²) >= 11 is 0. The number of ether oxygens (including phenoxy) is 1. The second-order valence-corrected chi connectivity index (χ2v) is 3.65. The molecule has 0 bridgehead atoms. The molecule has 0 saturated heterocycles. The van der Waals surface area contributed by atoms with E-state index in [0.29, 0.717) is 0 Å². The van der Waals surface area contributed by atoms with Crippen LogP contribution < -0.4 is 0 Å². The van der Waals surface area contributed by atoms with Crippen LogP contribution in [-0.4, -0.2) is 47.3 Å². The first-order chi connectivity index (χ1) is 8.56. The summed E-state index contributed by atoms with van der Waals surface area (Å²) < 4.78 is 4.84. The Morgan fingerprint density at radius 2 is 2.17 bits per heavy atom. The maximum atomic E-state index is 11.9. The molecule has 0 N–H and O–H groups in total. The molecule has 0 unspecified atom stereocenters. The maximum absolute atomic E-state index is 11.9. The summed E-state index contributed by atoms with van der Waals surface area (Å²) in [5, 5.41) is 0. The first-order valence-corrected chi connectivity index (χ1v) is 5.42. The second kappa shape index (κ2) is 6.48. The monoisotopic (exact) mass is 249 g/mol. The lowest BCUT2D eigenvalue weighted by molar-refractivity contribution is 0.0522. The van der Waals surface area contributed by atoms with E-state index in [2.05, 4.69) is 9.97 Å². The molecule has 0 aliphatic carbocycles. The van der Waals surface area contributed by atoms with Crippen molar-refractivity contribution in [2.75, 3.05) is 20.7 Å². The third kappa shape index (κ3) is 3.65. The fourth-order valence-corrected chi connectivity index (χ4v) is 1.18. The molecular weight excluding hydrogens is 234 g/mol. The van der Waals surface area contributed by atoms with Gasteiger partial charge in [-0.2, -0.15) is 0 Å². The zero-order valence-electron chi connectivity index (χ0n) is 10.6. The average Bonchev–Trinajstić information content (AvgIpc) is 2.36. The molecule has 1 rings (SSSR count). The van der Waals surface area contributed by atoms with Crippen LogP contribution in [0.2, 0.25) is 0 Å². The van der Waals surface area contributed by atoms with Crippen molar-refractivity contribution in [3.05, 3.63) is 36.1 Å². The molecule has 0 aliphatic rings. The van der Waals surface area contributed by atoms with E-state index in [1.807, 2.05) is 0 Å². The van der Waals surface area contributed by atoms with E-state index in [-0.39, 0.29) is 23.6 Å². The lowest BCUT2D eigenvalue weighted by atomic mass is 10.1. The number of allylic oxidation sites excluding steroid dienone is 1. The second-order valence-electron chi connectivity index (χ2n) is 3.65. The van der Waals surface area contributed by atoms with Crippen LogP contribution in [0.3, 0.4) is 0 Å². The van der Waals surface area contributed by atoms with E-state index in [1.54, 1.807) is 32.1 Å². The van der Waals surface area contributed by atoms with Crippen LogP contribution in [0.15, 0.2) is 24.8 Å². The fraction of sp³-hybridized carbons (Fsp3) is 0.333. The van der Waals surface area contributed by atoms with Gasteiger partial charge in [-0.15, -0.1) is 0 Å². The van der Waals surface area contributed by atoms with Gasteiger partial charge < -0.3 is 9.64 Å². The van der Waals surface area contributed by atoms with Gasteiger partial charge in [-0.1, -0.05) is 0 Å². The van der Waals surface area contributed by atoms with Crippen LogP contribution in [0.5, 0.6) is 0 Å². The Morgan fingerprint density at radius 3 is 2.78 bits per heavy atom. The van der Waals surface area contributed by atoms with E-state index in [0.717, 1.165) is 0 Å². The number of carbonyl (C=O) groups excluding carboxylic acids is 2. The highest BCUT2D eigenvalue weighted by atomic mass is 16.5. The molecule has 96 valence electrons. The van der Waals surface area contributed by atoms with E-state index >= 15 is 0 Å². The zero-order valence-corrected chi connectivity index (χ0v) is 10.6. The van der Waals surface area contributed by atoms with Crippen LogP contribution in [0.4, 0.5) is 0 Å². The first-order valence-electron chi connectivity index (χ1n) is 5.42. The highest BCUT2D eigenvalue weighted by Gasteiger charge is 2.18. The molecule has 0 amide bonds. The molecule has 0 aliphatic heterocycles. The molecular formula is C12H15N3O3. The summed E-state index contributed by atoms with van der Waals surface area (Å²) in [6.45, 7) is 1.92. The number of carbonyl (C=O) groups is 2. The van der Waals surface area contributed by atoms with Crippen LogP contribution in [-0.2, 0) is 4.74 Å². The molecule has 0 saturated carbocycles. The van der Waals surface area contributed by atoms with Gasteiger partial charge in [-0.05, 0) is 6.92 Å². The molecule has 0 fully saturated rings. The van der Waals surface area contributed by atoms with E-state index in [4.69, 9.17) is 4.74 Å². The highest BCUT2D eigenvalue weighted by molar-refractivity contribution is 6.09. The van der Waals surface area contributed by atoms with Crippen LogP contribution in [0.1, 0.15) is 27.8 Å². The van der Waals surface area contributed by atoms with Gasteiger partial charge in [0.25, 0.3) is 0 Å². The summed E-state index contributed by atoms with van der Waals surface area (Å²) in [5.74, 6) is -0.964. The molecule has 1 heterocycles. The fourth-order valence-electron chi connectivity index (χ4n) is 1.18. The Kier molecular flexibility index (Phi) is 4.98. The number of ketones is 1. The third-order valence-corrected chi connectivity index (χ3v) is 1.97. The van der Waals surface area contributed by atoms with Gasteiger partial charge in [0.2, 0.25) is 5.78 Å². The van der Waals surface area contributed by atoms with Crippen molar-refractivity contribution in [1.29, 1.82) is 0 Å². The van der Waals surface area contributed by atoms with Gasteiger partial charge in [0.15, 0.2) is 0 Å². The summed E-state index contributed by atoms with van der Waals surface area (Å²) in [6.07, 6.45) is 5.42.